The zero-order valence-electron chi connectivity index (χ0n) is 13.8. The van der Waals surface area contributed by atoms with Gasteiger partial charge in [-0.3, -0.25) is 14.6 Å². The van der Waals surface area contributed by atoms with Crippen LogP contribution < -0.4 is 0 Å². The Morgan fingerprint density at radius 2 is 1.96 bits per heavy atom. The first-order valence-corrected chi connectivity index (χ1v) is 8.24. The Bertz CT molecular complexity index is 831. The van der Waals surface area contributed by atoms with Gasteiger partial charge in [0.05, 0.1) is 5.56 Å². The molecule has 4 rings (SSSR count). The number of fused-ring (bicyclic) bond motifs is 3. The van der Waals surface area contributed by atoms with Crippen LogP contribution in [0.1, 0.15) is 40.4 Å². The van der Waals surface area contributed by atoms with Crippen LogP contribution in [0.3, 0.4) is 0 Å². The number of benzene rings is 1. The second-order valence-electron chi connectivity index (χ2n) is 6.32. The van der Waals surface area contributed by atoms with Crippen molar-refractivity contribution in [3.05, 3.63) is 65.0 Å². The molecule has 5 nitrogen and oxygen atoms in total. The predicted molar refractivity (Wildman–Crippen MR) is 89.2 cm³/mol. The molecule has 0 saturated carbocycles. The van der Waals surface area contributed by atoms with Crippen LogP contribution in [-0.4, -0.2) is 39.7 Å². The van der Waals surface area contributed by atoms with Gasteiger partial charge in [-0.1, -0.05) is 36.8 Å². The summed E-state index contributed by atoms with van der Waals surface area (Å²) in [6.45, 7) is 4.96. The quantitative estimate of drug-likeness (QED) is 0.853. The van der Waals surface area contributed by atoms with Gasteiger partial charge in [-0.2, -0.15) is 0 Å². The summed E-state index contributed by atoms with van der Waals surface area (Å²) in [5.41, 5.74) is 2.66. The fourth-order valence-corrected chi connectivity index (χ4v) is 3.96. The number of aromatic nitrogens is 1. The molecule has 2 aromatic rings. The highest BCUT2D eigenvalue weighted by molar-refractivity contribution is 6.01. The highest BCUT2D eigenvalue weighted by Gasteiger charge is 2.59. The van der Waals surface area contributed by atoms with Crippen LogP contribution in [0, 0.1) is 6.92 Å². The zero-order chi connectivity index (χ0) is 16.9. The second kappa shape index (κ2) is 5.16. The van der Waals surface area contributed by atoms with Gasteiger partial charge in [0.1, 0.15) is 0 Å². The lowest BCUT2D eigenvalue weighted by molar-refractivity contribution is -0.136. The molecule has 0 spiro atoms. The number of pyridine rings is 1. The van der Waals surface area contributed by atoms with Crippen molar-refractivity contribution in [1.82, 2.24) is 14.8 Å². The van der Waals surface area contributed by atoms with Gasteiger partial charge in [-0.15, -0.1) is 0 Å². The average Bonchev–Trinajstić information content (AvgIpc) is 3.11. The number of nitrogens with zero attached hydrogens (tertiary/aromatic N) is 3. The molecule has 0 bridgehead atoms. The van der Waals surface area contributed by atoms with Crippen LogP contribution in [0.25, 0.3) is 0 Å². The van der Waals surface area contributed by atoms with E-state index in [1.165, 1.54) is 0 Å². The number of hydrogen-bond acceptors (Lipinski definition) is 3. The van der Waals surface area contributed by atoms with Crippen molar-refractivity contribution in [3.8, 4) is 0 Å². The van der Waals surface area contributed by atoms with Crippen molar-refractivity contribution in [2.75, 3.05) is 13.1 Å². The molecule has 1 aromatic heterocycles. The third kappa shape index (κ3) is 1.72. The highest BCUT2D eigenvalue weighted by atomic mass is 16.2. The van der Waals surface area contributed by atoms with Crippen LogP contribution in [0.15, 0.2) is 42.7 Å². The van der Waals surface area contributed by atoms with E-state index in [1.807, 2.05) is 47.9 Å². The van der Waals surface area contributed by atoms with Crippen molar-refractivity contribution in [3.63, 3.8) is 0 Å². The molecule has 2 amide bonds. The number of carbonyl (C=O) groups is 2. The Balaban J connectivity index is 2.02. The molecule has 0 N–H and O–H groups in total. The van der Waals surface area contributed by atoms with Gasteiger partial charge in [0.15, 0.2) is 5.66 Å². The first kappa shape index (κ1) is 14.9. The molecule has 1 saturated heterocycles. The predicted octanol–water partition coefficient (Wildman–Crippen LogP) is 2.30. The minimum atomic E-state index is -0.860. The summed E-state index contributed by atoms with van der Waals surface area (Å²) in [6.07, 6.45) is 3.77. The summed E-state index contributed by atoms with van der Waals surface area (Å²) in [4.78, 5) is 33.5. The minimum absolute atomic E-state index is 0.0284. The van der Waals surface area contributed by atoms with Gasteiger partial charge in [0.25, 0.3) is 5.91 Å². The molecule has 0 aliphatic carbocycles. The van der Waals surface area contributed by atoms with Gasteiger partial charge in [-0.05, 0) is 13.0 Å². The summed E-state index contributed by atoms with van der Waals surface area (Å²) in [7, 11) is 0. The topological polar surface area (TPSA) is 53.5 Å². The van der Waals surface area contributed by atoms with E-state index in [0.717, 1.165) is 16.7 Å². The summed E-state index contributed by atoms with van der Waals surface area (Å²) in [6, 6.07) is 9.82. The number of amides is 2. The lowest BCUT2D eigenvalue weighted by Gasteiger charge is -2.40. The first-order valence-electron chi connectivity index (χ1n) is 8.24. The Hall–Kier alpha value is -2.69. The van der Waals surface area contributed by atoms with Crippen molar-refractivity contribution >= 4 is 11.8 Å². The van der Waals surface area contributed by atoms with E-state index in [1.54, 1.807) is 18.5 Å². The summed E-state index contributed by atoms with van der Waals surface area (Å²) in [5, 5.41) is 0. The monoisotopic (exact) mass is 321 g/mol. The SMILES string of the molecule is CCC(=O)N1CCN2C(=O)c3ccncc3C12c1ccc(C)cc1. The van der Waals surface area contributed by atoms with E-state index < -0.39 is 5.66 Å². The van der Waals surface area contributed by atoms with E-state index in [4.69, 9.17) is 0 Å². The fourth-order valence-electron chi connectivity index (χ4n) is 3.96. The summed E-state index contributed by atoms with van der Waals surface area (Å²) in [5.74, 6) is 0.0157. The molecule has 0 radical (unpaired) electrons. The smallest absolute Gasteiger partial charge is 0.256 e. The van der Waals surface area contributed by atoms with Gasteiger partial charge >= 0.3 is 0 Å². The van der Waals surface area contributed by atoms with E-state index in [-0.39, 0.29) is 11.8 Å². The maximum atomic E-state index is 12.9. The molecule has 1 atom stereocenters. The van der Waals surface area contributed by atoms with Crippen LogP contribution in [0.5, 0.6) is 0 Å². The second-order valence-corrected chi connectivity index (χ2v) is 6.32. The third-order valence-corrected chi connectivity index (χ3v) is 5.06. The summed E-state index contributed by atoms with van der Waals surface area (Å²) < 4.78 is 0. The zero-order valence-corrected chi connectivity index (χ0v) is 13.8. The Morgan fingerprint density at radius 1 is 1.21 bits per heavy atom. The Kier molecular flexibility index (Phi) is 3.20. The molecular weight excluding hydrogens is 302 g/mol. The molecule has 1 fully saturated rings. The Labute approximate surface area is 140 Å². The third-order valence-electron chi connectivity index (χ3n) is 5.06. The van der Waals surface area contributed by atoms with E-state index in [9.17, 15) is 9.59 Å². The Morgan fingerprint density at radius 3 is 2.67 bits per heavy atom. The lowest BCUT2D eigenvalue weighted by atomic mass is 9.90. The van der Waals surface area contributed by atoms with E-state index in [0.29, 0.717) is 25.1 Å². The molecule has 3 heterocycles. The fraction of sp³-hybridized carbons (Fsp3) is 0.316. The molecular formula is C19H19N3O2. The van der Waals surface area contributed by atoms with Gasteiger partial charge in [0, 0.05) is 43.0 Å². The van der Waals surface area contributed by atoms with Crippen LogP contribution in [0.2, 0.25) is 0 Å². The van der Waals surface area contributed by atoms with E-state index >= 15 is 0 Å². The van der Waals surface area contributed by atoms with Crippen molar-refractivity contribution in [2.45, 2.75) is 25.9 Å². The molecule has 1 unspecified atom stereocenters. The van der Waals surface area contributed by atoms with Crippen molar-refractivity contribution < 1.29 is 9.59 Å². The van der Waals surface area contributed by atoms with E-state index in [2.05, 4.69) is 4.98 Å². The van der Waals surface area contributed by atoms with Gasteiger partial charge in [-0.25, -0.2) is 0 Å². The normalized spacial score (nSPS) is 21.8. The van der Waals surface area contributed by atoms with Crippen molar-refractivity contribution in [2.24, 2.45) is 0 Å². The molecule has 2 aliphatic rings. The lowest BCUT2D eigenvalue weighted by Crippen LogP contribution is -2.51. The molecule has 1 aromatic carbocycles. The summed E-state index contributed by atoms with van der Waals surface area (Å²) >= 11 is 0. The van der Waals surface area contributed by atoms with Crippen molar-refractivity contribution in [1.29, 1.82) is 0 Å². The van der Waals surface area contributed by atoms with Crippen LogP contribution >= 0.6 is 0 Å². The minimum Gasteiger partial charge on any atom is -0.310 e. The van der Waals surface area contributed by atoms with Gasteiger partial charge < -0.3 is 9.80 Å². The number of aryl methyl sites for hydroxylation is 1. The number of hydrogen-bond donors (Lipinski definition) is 0. The molecule has 24 heavy (non-hydrogen) atoms. The molecule has 5 heteroatoms. The van der Waals surface area contributed by atoms with Gasteiger partial charge in [0.2, 0.25) is 5.91 Å². The van der Waals surface area contributed by atoms with Crippen LogP contribution in [-0.2, 0) is 10.5 Å². The maximum Gasteiger partial charge on any atom is 0.256 e. The highest BCUT2D eigenvalue weighted by Crippen LogP contribution is 2.49. The number of carbonyl (C=O) groups excluding carboxylic acids is 2. The molecule has 2 aliphatic heterocycles. The number of rotatable bonds is 2. The first-order chi connectivity index (χ1) is 11.6. The maximum absolute atomic E-state index is 12.9. The molecule has 122 valence electrons. The van der Waals surface area contributed by atoms with Crippen LogP contribution in [0.4, 0.5) is 0 Å². The average molecular weight is 321 g/mol. The standard InChI is InChI=1S/C19H19N3O2/c1-3-17(23)21-10-11-22-18(24)15-8-9-20-12-16(15)19(21,22)14-6-4-13(2)5-7-14/h4-9,12H,3,10-11H2,1-2H3. The largest absolute Gasteiger partial charge is 0.310 e.